The average molecular weight is 339 g/mol. The first-order valence-electron chi connectivity index (χ1n) is 8.09. The molecule has 1 heterocycles. The van der Waals surface area contributed by atoms with E-state index in [1.165, 1.54) is 0 Å². The van der Waals surface area contributed by atoms with Crippen LogP contribution >= 0.6 is 11.8 Å². The number of carbonyl (C=O) groups is 1. The van der Waals surface area contributed by atoms with Crippen molar-refractivity contribution >= 4 is 28.7 Å². The molecular weight excluding hydrogens is 318 g/mol. The zero-order valence-corrected chi connectivity index (χ0v) is 14.6. The van der Waals surface area contributed by atoms with Crippen LogP contribution in [0.1, 0.15) is 12.2 Å². The number of carbonyl (C=O) groups excluding carboxylic acids is 1. The van der Waals surface area contributed by atoms with E-state index in [0.29, 0.717) is 12.3 Å². The van der Waals surface area contributed by atoms with E-state index in [1.54, 1.807) is 11.8 Å². The number of nitrogens with zero attached hydrogens (tertiary/aromatic N) is 2. The van der Waals surface area contributed by atoms with Gasteiger partial charge in [-0.2, -0.15) is 0 Å². The van der Waals surface area contributed by atoms with Gasteiger partial charge in [-0.15, -0.1) is 11.8 Å². The van der Waals surface area contributed by atoms with E-state index >= 15 is 0 Å². The van der Waals surface area contributed by atoms with Crippen molar-refractivity contribution in [3.63, 3.8) is 0 Å². The van der Waals surface area contributed by atoms with Gasteiger partial charge in [0.25, 0.3) is 0 Å². The molecule has 0 fully saturated rings. The van der Waals surface area contributed by atoms with Crippen molar-refractivity contribution in [1.82, 2.24) is 14.9 Å². The molecular formula is C19H21N3OS. The summed E-state index contributed by atoms with van der Waals surface area (Å²) in [5.41, 5.74) is 2.18. The van der Waals surface area contributed by atoms with Crippen LogP contribution in [0.15, 0.2) is 59.5 Å². The van der Waals surface area contributed by atoms with Crippen LogP contribution in [0.2, 0.25) is 0 Å². The SMILES string of the molecule is Cn1c(CCCNC(=O)CSc2ccccc2)nc2ccccc21. The Labute approximate surface area is 146 Å². The van der Waals surface area contributed by atoms with E-state index in [0.717, 1.165) is 34.6 Å². The molecule has 3 rings (SSSR count). The van der Waals surface area contributed by atoms with Crippen LogP contribution in [-0.4, -0.2) is 27.8 Å². The van der Waals surface area contributed by atoms with Gasteiger partial charge in [0.2, 0.25) is 5.91 Å². The van der Waals surface area contributed by atoms with Crippen LogP contribution in [0, 0.1) is 0 Å². The highest BCUT2D eigenvalue weighted by Crippen LogP contribution is 2.16. The summed E-state index contributed by atoms with van der Waals surface area (Å²) < 4.78 is 2.13. The van der Waals surface area contributed by atoms with Gasteiger partial charge in [-0.1, -0.05) is 30.3 Å². The number of nitrogens with one attached hydrogen (secondary N) is 1. The molecule has 0 saturated heterocycles. The fourth-order valence-corrected chi connectivity index (χ4v) is 3.36. The normalized spacial score (nSPS) is 10.9. The van der Waals surface area contributed by atoms with Crippen molar-refractivity contribution in [2.75, 3.05) is 12.3 Å². The van der Waals surface area contributed by atoms with Gasteiger partial charge < -0.3 is 9.88 Å². The van der Waals surface area contributed by atoms with E-state index in [2.05, 4.69) is 20.9 Å². The number of thioether (sulfide) groups is 1. The Morgan fingerprint density at radius 3 is 2.67 bits per heavy atom. The van der Waals surface area contributed by atoms with Crippen molar-refractivity contribution in [2.24, 2.45) is 7.05 Å². The first kappa shape index (κ1) is 16.6. The van der Waals surface area contributed by atoms with Crippen molar-refractivity contribution in [3.05, 3.63) is 60.4 Å². The largest absolute Gasteiger partial charge is 0.355 e. The molecule has 124 valence electrons. The fraction of sp³-hybridized carbons (Fsp3) is 0.263. The number of hydrogen-bond donors (Lipinski definition) is 1. The molecule has 1 amide bonds. The molecule has 2 aromatic carbocycles. The van der Waals surface area contributed by atoms with Crippen molar-refractivity contribution in [3.8, 4) is 0 Å². The molecule has 0 spiro atoms. The van der Waals surface area contributed by atoms with Crippen LogP contribution in [0.25, 0.3) is 11.0 Å². The molecule has 0 aliphatic carbocycles. The molecule has 1 aromatic heterocycles. The van der Waals surface area contributed by atoms with Crippen LogP contribution in [0.4, 0.5) is 0 Å². The third-order valence-electron chi connectivity index (χ3n) is 3.89. The van der Waals surface area contributed by atoms with E-state index in [-0.39, 0.29) is 5.91 Å². The minimum atomic E-state index is 0.0776. The summed E-state index contributed by atoms with van der Waals surface area (Å²) in [6.07, 6.45) is 1.75. The second-order valence-electron chi connectivity index (χ2n) is 5.63. The van der Waals surface area contributed by atoms with Crippen molar-refractivity contribution in [1.29, 1.82) is 0 Å². The highest BCUT2D eigenvalue weighted by molar-refractivity contribution is 8.00. The average Bonchev–Trinajstić information content (AvgIpc) is 2.94. The predicted molar refractivity (Wildman–Crippen MR) is 99.2 cm³/mol. The number of fused-ring (bicyclic) bond motifs is 1. The molecule has 0 saturated carbocycles. The Hall–Kier alpha value is -2.27. The number of para-hydroxylation sites is 2. The maximum atomic E-state index is 11.9. The number of benzene rings is 2. The van der Waals surface area contributed by atoms with E-state index in [4.69, 9.17) is 0 Å². The van der Waals surface area contributed by atoms with Gasteiger partial charge >= 0.3 is 0 Å². The predicted octanol–water partition coefficient (Wildman–Crippen LogP) is 3.41. The quantitative estimate of drug-likeness (QED) is 0.530. The highest BCUT2D eigenvalue weighted by atomic mass is 32.2. The third kappa shape index (κ3) is 4.17. The highest BCUT2D eigenvalue weighted by Gasteiger charge is 2.07. The Morgan fingerprint density at radius 1 is 1.12 bits per heavy atom. The Bertz CT molecular complexity index is 814. The number of hydrogen-bond acceptors (Lipinski definition) is 3. The monoisotopic (exact) mass is 339 g/mol. The van der Waals surface area contributed by atoms with Crippen LogP contribution in [0.3, 0.4) is 0 Å². The molecule has 1 N–H and O–H groups in total. The Morgan fingerprint density at radius 2 is 1.88 bits per heavy atom. The van der Waals surface area contributed by atoms with Crippen LogP contribution in [0.5, 0.6) is 0 Å². The number of aryl methyl sites for hydroxylation is 2. The van der Waals surface area contributed by atoms with Gasteiger partial charge in [-0.25, -0.2) is 4.98 Å². The summed E-state index contributed by atoms with van der Waals surface area (Å²) in [7, 11) is 2.04. The number of imidazole rings is 1. The summed E-state index contributed by atoms with van der Waals surface area (Å²) in [5.74, 6) is 1.59. The summed E-state index contributed by atoms with van der Waals surface area (Å²) >= 11 is 1.56. The smallest absolute Gasteiger partial charge is 0.230 e. The topological polar surface area (TPSA) is 46.9 Å². The second-order valence-corrected chi connectivity index (χ2v) is 6.68. The van der Waals surface area contributed by atoms with Crippen molar-refractivity contribution < 1.29 is 4.79 Å². The summed E-state index contributed by atoms with van der Waals surface area (Å²) in [5, 5.41) is 2.98. The molecule has 5 heteroatoms. The zero-order valence-electron chi connectivity index (χ0n) is 13.7. The molecule has 0 bridgehead atoms. The minimum Gasteiger partial charge on any atom is -0.355 e. The lowest BCUT2D eigenvalue weighted by atomic mass is 10.3. The molecule has 0 aliphatic rings. The third-order valence-corrected chi connectivity index (χ3v) is 4.90. The lowest BCUT2D eigenvalue weighted by molar-refractivity contribution is -0.118. The van der Waals surface area contributed by atoms with Crippen molar-refractivity contribution in [2.45, 2.75) is 17.7 Å². The number of amides is 1. The van der Waals surface area contributed by atoms with E-state index in [1.807, 2.05) is 55.6 Å². The molecule has 0 aliphatic heterocycles. The zero-order chi connectivity index (χ0) is 16.8. The first-order valence-corrected chi connectivity index (χ1v) is 9.07. The lowest BCUT2D eigenvalue weighted by Gasteiger charge is -2.06. The molecule has 24 heavy (non-hydrogen) atoms. The van der Waals surface area contributed by atoms with E-state index in [9.17, 15) is 4.79 Å². The summed E-state index contributed by atoms with van der Waals surface area (Å²) in [6, 6.07) is 18.1. The summed E-state index contributed by atoms with van der Waals surface area (Å²) in [6.45, 7) is 0.678. The van der Waals surface area contributed by atoms with E-state index < -0.39 is 0 Å². The van der Waals surface area contributed by atoms with Gasteiger partial charge in [0, 0.05) is 24.9 Å². The van der Waals surface area contributed by atoms with Crippen LogP contribution < -0.4 is 5.32 Å². The minimum absolute atomic E-state index is 0.0776. The summed E-state index contributed by atoms with van der Waals surface area (Å²) in [4.78, 5) is 17.7. The second kappa shape index (κ2) is 8.02. The molecule has 0 atom stereocenters. The van der Waals surface area contributed by atoms with Gasteiger partial charge in [0.1, 0.15) is 5.82 Å². The van der Waals surface area contributed by atoms with Gasteiger partial charge in [0.05, 0.1) is 16.8 Å². The first-order chi connectivity index (χ1) is 11.7. The van der Waals surface area contributed by atoms with Gasteiger partial charge in [-0.3, -0.25) is 4.79 Å². The molecule has 0 unspecified atom stereocenters. The molecule has 4 nitrogen and oxygen atoms in total. The standard InChI is InChI=1S/C19H21N3OS/c1-22-17-11-6-5-10-16(17)21-18(22)12-7-13-20-19(23)14-24-15-8-3-2-4-9-15/h2-6,8-11H,7,12-14H2,1H3,(H,20,23). The number of rotatable bonds is 7. The Balaban J connectivity index is 1.41. The van der Waals surface area contributed by atoms with Gasteiger partial charge in [-0.05, 0) is 30.7 Å². The fourth-order valence-electron chi connectivity index (χ4n) is 2.61. The molecule has 3 aromatic rings. The Kier molecular flexibility index (Phi) is 5.54. The maximum absolute atomic E-state index is 11.9. The van der Waals surface area contributed by atoms with Crippen LogP contribution in [-0.2, 0) is 18.3 Å². The lowest BCUT2D eigenvalue weighted by Crippen LogP contribution is -2.26. The molecule has 0 radical (unpaired) electrons. The van der Waals surface area contributed by atoms with Gasteiger partial charge in [0.15, 0.2) is 0 Å². The maximum Gasteiger partial charge on any atom is 0.230 e. The number of aromatic nitrogens is 2.